The molecule has 1 fully saturated rings. The van der Waals surface area contributed by atoms with Crippen LogP contribution in [0.1, 0.15) is 0 Å². The lowest BCUT2D eigenvalue weighted by molar-refractivity contribution is -0.113. The zero-order chi connectivity index (χ0) is 21.4. The highest BCUT2D eigenvalue weighted by atomic mass is 32.2. The summed E-state index contributed by atoms with van der Waals surface area (Å²) >= 11 is 8.43. The Bertz CT molecular complexity index is 1250. The van der Waals surface area contributed by atoms with Crippen LogP contribution in [0, 0.1) is 0 Å². The smallest absolute Gasteiger partial charge is 0.270 e. The average Bonchev–Trinajstić information content (AvgIpc) is 3.29. The van der Waals surface area contributed by atoms with Crippen molar-refractivity contribution in [2.75, 3.05) is 23.0 Å². The Kier molecular flexibility index (Phi) is 5.58. The standard InChI is InChI=1S/C24H18N2O2S3/c27-15-14-25-19-11-10-16-6-4-5-9-18(16)22(19)31-21(25)13-12-20-23(28)26(24(29)30-20)17-7-2-1-3-8-17/h1-13,27H,14-15H2/b20-12-,21-13+. The Morgan fingerprint density at radius 2 is 1.71 bits per heavy atom. The number of rotatable bonds is 4. The van der Waals surface area contributed by atoms with Gasteiger partial charge >= 0.3 is 0 Å². The number of carbonyl (C=O) groups excluding carboxylic acids is 1. The second-order valence-electron chi connectivity index (χ2n) is 6.99. The molecule has 0 atom stereocenters. The Hall–Kier alpha value is -2.58. The summed E-state index contributed by atoms with van der Waals surface area (Å²) in [6, 6.07) is 21.9. The molecular weight excluding hydrogens is 444 g/mol. The molecule has 0 spiro atoms. The summed E-state index contributed by atoms with van der Waals surface area (Å²) < 4.78 is 0.529. The van der Waals surface area contributed by atoms with E-state index in [2.05, 4.69) is 29.2 Å². The minimum absolute atomic E-state index is 0.0420. The van der Waals surface area contributed by atoms with Gasteiger partial charge in [-0.3, -0.25) is 9.69 Å². The summed E-state index contributed by atoms with van der Waals surface area (Å²) in [6.45, 7) is 0.531. The van der Waals surface area contributed by atoms with Crippen molar-refractivity contribution < 1.29 is 9.90 Å². The number of para-hydroxylation sites is 1. The second-order valence-corrected chi connectivity index (χ2v) is 9.70. The van der Waals surface area contributed by atoms with Crippen molar-refractivity contribution in [2.45, 2.75) is 4.90 Å². The fourth-order valence-corrected chi connectivity index (χ4v) is 6.18. The molecular formula is C24H18N2O2S3. The molecule has 5 rings (SSSR count). The zero-order valence-electron chi connectivity index (χ0n) is 16.4. The molecule has 2 aliphatic rings. The van der Waals surface area contributed by atoms with Crippen LogP contribution in [0.5, 0.6) is 0 Å². The van der Waals surface area contributed by atoms with Crippen LogP contribution in [-0.4, -0.2) is 28.5 Å². The Balaban J connectivity index is 1.49. The maximum absolute atomic E-state index is 13.0. The normalized spacial score (nSPS) is 18.6. The maximum Gasteiger partial charge on any atom is 0.270 e. The first kappa shape index (κ1) is 20.3. The number of β-amino-alcohol motifs (C(OH)–C–C–N with tert-alkyl or cyclic N) is 1. The van der Waals surface area contributed by atoms with Crippen LogP contribution in [0.2, 0.25) is 0 Å². The summed E-state index contributed by atoms with van der Waals surface area (Å²) in [5.41, 5.74) is 1.85. The molecule has 7 heteroatoms. The Morgan fingerprint density at radius 3 is 2.52 bits per heavy atom. The number of amides is 1. The molecule has 1 N–H and O–H groups in total. The number of fused-ring (bicyclic) bond motifs is 3. The highest BCUT2D eigenvalue weighted by molar-refractivity contribution is 8.27. The highest BCUT2D eigenvalue weighted by Crippen LogP contribution is 2.49. The van der Waals surface area contributed by atoms with Crippen molar-refractivity contribution >= 4 is 68.1 Å². The fourth-order valence-electron chi connectivity index (χ4n) is 3.71. The van der Waals surface area contributed by atoms with Crippen molar-refractivity contribution in [1.29, 1.82) is 0 Å². The molecule has 154 valence electrons. The first-order valence-corrected chi connectivity index (χ1v) is 11.8. The van der Waals surface area contributed by atoms with E-state index in [0.717, 1.165) is 16.4 Å². The lowest BCUT2D eigenvalue weighted by Crippen LogP contribution is -2.27. The van der Waals surface area contributed by atoms with Crippen molar-refractivity contribution in [3.8, 4) is 0 Å². The fraction of sp³-hybridized carbons (Fsp3) is 0.0833. The first-order valence-electron chi connectivity index (χ1n) is 9.78. The van der Waals surface area contributed by atoms with Crippen LogP contribution in [0.4, 0.5) is 11.4 Å². The molecule has 3 aromatic carbocycles. The highest BCUT2D eigenvalue weighted by Gasteiger charge is 2.33. The van der Waals surface area contributed by atoms with E-state index < -0.39 is 0 Å². The Morgan fingerprint density at radius 1 is 0.935 bits per heavy atom. The van der Waals surface area contributed by atoms with Gasteiger partial charge in [0.2, 0.25) is 0 Å². The lowest BCUT2D eigenvalue weighted by atomic mass is 10.1. The summed E-state index contributed by atoms with van der Waals surface area (Å²) in [4.78, 5) is 18.4. The number of aliphatic hydroxyl groups is 1. The molecule has 0 aromatic heterocycles. The quantitative estimate of drug-likeness (QED) is 0.406. The molecule has 0 saturated carbocycles. The van der Waals surface area contributed by atoms with E-state index in [1.165, 1.54) is 27.4 Å². The van der Waals surface area contributed by atoms with Gasteiger partial charge in [0.05, 0.1) is 27.9 Å². The third-order valence-electron chi connectivity index (χ3n) is 5.13. The molecule has 0 radical (unpaired) electrons. The van der Waals surface area contributed by atoms with Crippen LogP contribution in [0.15, 0.2) is 93.7 Å². The van der Waals surface area contributed by atoms with Crippen LogP contribution in [-0.2, 0) is 4.79 Å². The number of hydrogen-bond donors (Lipinski definition) is 1. The number of nitrogens with zero attached hydrogens (tertiary/aromatic N) is 2. The van der Waals surface area contributed by atoms with Crippen LogP contribution in [0.3, 0.4) is 0 Å². The van der Waals surface area contributed by atoms with Crippen molar-refractivity contribution in [3.05, 3.63) is 88.8 Å². The number of carbonyl (C=O) groups is 1. The number of benzene rings is 3. The molecule has 0 aliphatic carbocycles. The van der Waals surface area contributed by atoms with Gasteiger partial charge < -0.3 is 10.0 Å². The first-order chi connectivity index (χ1) is 15.2. The summed E-state index contributed by atoms with van der Waals surface area (Å²) in [5.74, 6) is -0.113. The lowest BCUT2D eigenvalue weighted by Gasteiger charge is -2.19. The van der Waals surface area contributed by atoms with Gasteiger partial charge in [-0.05, 0) is 41.1 Å². The van der Waals surface area contributed by atoms with E-state index in [-0.39, 0.29) is 12.5 Å². The van der Waals surface area contributed by atoms with Gasteiger partial charge in [0, 0.05) is 11.4 Å². The van der Waals surface area contributed by atoms with Crippen LogP contribution < -0.4 is 9.80 Å². The number of aliphatic hydroxyl groups excluding tert-OH is 1. The number of hydrogen-bond acceptors (Lipinski definition) is 6. The molecule has 2 heterocycles. The van der Waals surface area contributed by atoms with Crippen molar-refractivity contribution in [3.63, 3.8) is 0 Å². The van der Waals surface area contributed by atoms with E-state index in [0.29, 0.717) is 15.8 Å². The topological polar surface area (TPSA) is 43.8 Å². The third kappa shape index (κ3) is 3.68. The summed E-state index contributed by atoms with van der Waals surface area (Å²) in [6.07, 6.45) is 3.79. The van der Waals surface area contributed by atoms with Gasteiger partial charge in [-0.25, -0.2) is 0 Å². The molecule has 31 heavy (non-hydrogen) atoms. The van der Waals surface area contributed by atoms with Crippen molar-refractivity contribution in [1.82, 2.24) is 0 Å². The second kappa shape index (κ2) is 8.51. The van der Waals surface area contributed by atoms with E-state index in [4.69, 9.17) is 12.2 Å². The molecule has 4 nitrogen and oxygen atoms in total. The summed E-state index contributed by atoms with van der Waals surface area (Å²) in [7, 11) is 0. The number of anilines is 2. The molecule has 0 unspecified atom stereocenters. The number of allylic oxidation sites excluding steroid dienone is 2. The van der Waals surface area contributed by atoms with Crippen LogP contribution in [0.25, 0.3) is 10.8 Å². The molecule has 1 saturated heterocycles. The monoisotopic (exact) mass is 462 g/mol. The predicted molar refractivity (Wildman–Crippen MR) is 135 cm³/mol. The largest absolute Gasteiger partial charge is 0.395 e. The predicted octanol–water partition coefficient (Wildman–Crippen LogP) is 5.53. The molecule has 1 amide bonds. The van der Waals surface area contributed by atoms with E-state index in [9.17, 15) is 9.90 Å². The molecule has 3 aromatic rings. The van der Waals surface area contributed by atoms with Gasteiger partial charge in [0.1, 0.15) is 0 Å². The van der Waals surface area contributed by atoms with Gasteiger partial charge in [0.15, 0.2) is 4.32 Å². The summed E-state index contributed by atoms with van der Waals surface area (Å²) in [5, 5.41) is 13.0. The van der Waals surface area contributed by atoms with Gasteiger partial charge in [-0.15, -0.1) is 0 Å². The molecule has 0 bridgehead atoms. The zero-order valence-corrected chi connectivity index (χ0v) is 18.8. The van der Waals surface area contributed by atoms with Crippen LogP contribution >= 0.6 is 35.7 Å². The minimum Gasteiger partial charge on any atom is -0.395 e. The number of thiocarbonyl (C=S) groups is 1. The third-order valence-corrected chi connectivity index (χ3v) is 7.65. The SMILES string of the molecule is O=C1/C(=C/C=C2/Sc3c(ccc4ccccc34)N2CCO)SC(=S)N1c1ccccc1. The number of thioether (sulfide) groups is 2. The van der Waals surface area contributed by atoms with Gasteiger partial charge in [0.25, 0.3) is 5.91 Å². The van der Waals surface area contributed by atoms with E-state index in [1.807, 2.05) is 54.6 Å². The minimum atomic E-state index is -0.113. The van der Waals surface area contributed by atoms with E-state index >= 15 is 0 Å². The average molecular weight is 463 g/mol. The molecule has 2 aliphatic heterocycles. The van der Waals surface area contributed by atoms with Gasteiger partial charge in [-0.2, -0.15) is 0 Å². The Labute approximate surface area is 194 Å². The van der Waals surface area contributed by atoms with Crippen molar-refractivity contribution in [2.24, 2.45) is 0 Å². The maximum atomic E-state index is 13.0. The van der Waals surface area contributed by atoms with E-state index in [1.54, 1.807) is 16.7 Å². The van der Waals surface area contributed by atoms with Gasteiger partial charge in [-0.1, -0.05) is 84.3 Å².